The van der Waals surface area contributed by atoms with Crippen molar-refractivity contribution in [3.8, 4) is 11.5 Å². The van der Waals surface area contributed by atoms with Gasteiger partial charge in [-0.2, -0.15) is 0 Å². The van der Waals surface area contributed by atoms with Crippen LogP contribution in [0.25, 0.3) is 10.8 Å². The third-order valence-corrected chi connectivity index (χ3v) is 3.93. The summed E-state index contributed by atoms with van der Waals surface area (Å²) in [7, 11) is 1.56. The summed E-state index contributed by atoms with van der Waals surface area (Å²) in [4.78, 5) is 0. The largest absolute Gasteiger partial charge is 0.573 e. The number of ether oxygens (including phenoxy) is 2. The van der Waals surface area contributed by atoms with Crippen LogP contribution in [0.4, 0.5) is 13.2 Å². The summed E-state index contributed by atoms with van der Waals surface area (Å²) < 4.78 is 46.1. The molecule has 0 fully saturated rings. The van der Waals surface area contributed by atoms with Crippen molar-refractivity contribution < 1.29 is 22.6 Å². The molecule has 1 atom stereocenters. The highest BCUT2D eigenvalue weighted by Crippen LogP contribution is 2.35. The zero-order valence-electron chi connectivity index (χ0n) is 13.4. The maximum atomic E-state index is 12.3. The molecule has 130 valence electrons. The minimum Gasteiger partial charge on any atom is -0.496 e. The average molecular weight is 347 g/mol. The number of halogens is 3. The highest BCUT2D eigenvalue weighted by molar-refractivity contribution is 5.88. The summed E-state index contributed by atoms with van der Waals surface area (Å²) in [5.41, 5.74) is 7.83. The minimum absolute atomic E-state index is 0.284. The van der Waals surface area contributed by atoms with E-state index in [1.807, 2.05) is 36.4 Å². The summed E-state index contributed by atoms with van der Waals surface area (Å²) in [6.45, 7) is 0. The van der Waals surface area contributed by atoms with Gasteiger partial charge in [-0.25, -0.2) is 0 Å². The van der Waals surface area contributed by atoms with Gasteiger partial charge in [0.05, 0.1) is 13.2 Å². The van der Waals surface area contributed by atoms with E-state index in [0.29, 0.717) is 11.3 Å². The predicted octanol–water partition coefficient (Wildman–Crippen LogP) is 4.80. The number of nitrogens with two attached hydrogens (primary N) is 1. The molecule has 3 aromatic carbocycles. The lowest BCUT2D eigenvalue weighted by atomic mass is 9.93. The van der Waals surface area contributed by atoms with Crippen molar-refractivity contribution in [2.24, 2.45) is 5.73 Å². The Morgan fingerprint density at radius 2 is 1.60 bits per heavy atom. The van der Waals surface area contributed by atoms with Crippen LogP contribution in [-0.2, 0) is 0 Å². The predicted molar refractivity (Wildman–Crippen MR) is 89.7 cm³/mol. The Balaban J connectivity index is 2.00. The molecular weight excluding hydrogens is 331 g/mol. The Morgan fingerprint density at radius 1 is 0.920 bits per heavy atom. The second-order valence-corrected chi connectivity index (χ2v) is 5.50. The van der Waals surface area contributed by atoms with E-state index in [4.69, 9.17) is 10.5 Å². The van der Waals surface area contributed by atoms with Crippen molar-refractivity contribution in [2.75, 3.05) is 7.11 Å². The average Bonchev–Trinajstić information content (AvgIpc) is 2.59. The van der Waals surface area contributed by atoms with Gasteiger partial charge in [0.1, 0.15) is 11.5 Å². The van der Waals surface area contributed by atoms with Crippen molar-refractivity contribution in [1.29, 1.82) is 0 Å². The molecule has 0 aromatic heterocycles. The summed E-state index contributed by atoms with van der Waals surface area (Å²) >= 11 is 0. The molecule has 0 aliphatic rings. The highest BCUT2D eigenvalue weighted by Gasteiger charge is 2.31. The second-order valence-electron chi connectivity index (χ2n) is 5.50. The van der Waals surface area contributed by atoms with Gasteiger partial charge in [-0.15, -0.1) is 13.2 Å². The molecule has 3 rings (SSSR count). The second kappa shape index (κ2) is 6.64. The zero-order chi connectivity index (χ0) is 18.0. The van der Waals surface area contributed by atoms with Crippen LogP contribution in [-0.4, -0.2) is 13.5 Å². The van der Waals surface area contributed by atoms with E-state index in [0.717, 1.165) is 16.3 Å². The monoisotopic (exact) mass is 347 g/mol. The van der Waals surface area contributed by atoms with Crippen LogP contribution in [0.1, 0.15) is 17.2 Å². The van der Waals surface area contributed by atoms with E-state index in [1.165, 1.54) is 24.3 Å². The van der Waals surface area contributed by atoms with Crippen LogP contribution >= 0.6 is 0 Å². The molecule has 0 aliphatic heterocycles. The number of methoxy groups -OCH3 is 1. The molecule has 0 saturated heterocycles. The van der Waals surface area contributed by atoms with Gasteiger partial charge < -0.3 is 15.2 Å². The van der Waals surface area contributed by atoms with Crippen LogP contribution in [0.3, 0.4) is 0 Å². The van der Waals surface area contributed by atoms with Gasteiger partial charge in [-0.05, 0) is 34.5 Å². The van der Waals surface area contributed by atoms with Crippen LogP contribution in [0.2, 0.25) is 0 Å². The molecule has 6 heteroatoms. The summed E-state index contributed by atoms with van der Waals surface area (Å²) in [6.07, 6.45) is -4.72. The molecule has 0 heterocycles. The lowest BCUT2D eigenvalue weighted by Crippen LogP contribution is -2.17. The van der Waals surface area contributed by atoms with Crippen molar-refractivity contribution >= 4 is 10.8 Å². The molecule has 3 nitrogen and oxygen atoms in total. The van der Waals surface area contributed by atoms with E-state index >= 15 is 0 Å². The van der Waals surface area contributed by atoms with Gasteiger partial charge in [0.15, 0.2) is 0 Å². The highest BCUT2D eigenvalue weighted by atomic mass is 19.4. The molecule has 0 aliphatic carbocycles. The van der Waals surface area contributed by atoms with Gasteiger partial charge in [-0.1, -0.05) is 42.5 Å². The lowest BCUT2D eigenvalue weighted by Gasteiger charge is -2.19. The smallest absolute Gasteiger partial charge is 0.496 e. The van der Waals surface area contributed by atoms with E-state index in [-0.39, 0.29) is 5.75 Å². The maximum absolute atomic E-state index is 12.3. The first-order valence-corrected chi connectivity index (χ1v) is 7.56. The van der Waals surface area contributed by atoms with Crippen LogP contribution < -0.4 is 15.2 Å². The number of alkyl halides is 3. The molecule has 0 bridgehead atoms. The van der Waals surface area contributed by atoms with Crippen LogP contribution in [0.5, 0.6) is 11.5 Å². The van der Waals surface area contributed by atoms with Gasteiger partial charge in [-0.3, -0.25) is 0 Å². The van der Waals surface area contributed by atoms with Crippen molar-refractivity contribution in [1.82, 2.24) is 0 Å². The normalized spacial score (nSPS) is 12.8. The zero-order valence-corrected chi connectivity index (χ0v) is 13.4. The fourth-order valence-corrected chi connectivity index (χ4v) is 2.82. The Kier molecular flexibility index (Phi) is 4.55. The Morgan fingerprint density at radius 3 is 2.24 bits per heavy atom. The van der Waals surface area contributed by atoms with E-state index in [9.17, 15) is 13.2 Å². The number of hydrogen-bond donors (Lipinski definition) is 1. The van der Waals surface area contributed by atoms with Gasteiger partial charge in [0.2, 0.25) is 0 Å². The molecule has 0 radical (unpaired) electrons. The molecule has 0 saturated carbocycles. The van der Waals surface area contributed by atoms with Gasteiger partial charge >= 0.3 is 6.36 Å². The van der Waals surface area contributed by atoms with Gasteiger partial charge in [0.25, 0.3) is 0 Å². The lowest BCUT2D eigenvalue weighted by molar-refractivity contribution is -0.274. The first-order chi connectivity index (χ1) is 11.9. The van der Waals surface area contributed by atoms with E-state index in [2.05, 4.69) is 4.74 Å². The van der Waals surface area contributed by atoms with Crippen molar-refractivity contribution in [2.45, 2.75) is 12.4 Å². The van der Waals surface area contributed by atoms with E-state index < -0.39 is 12.4 Å². The summed E-state index contributed by atoms with van der Waals surface area (Å²) in [5, 5.41) is 1.94. The fraction of sp³-hybridized carbons (Fsp3) is 0.158. The third-order valence-electron chi connectivity index (χ3n) is 3.93. The summed E-state index contributed by atoms with van der Waals surface area (Å²) in [5.74, 6) is 0.343. The standard InChI is InChI=1S/C19H16F3NO2/c1-24-16-11-8-12-4-2-3-5-15(12)17(16)18(23)13-6-9-14(10-7-13)25-19(20,21)22/h2-11,18H,23H2,1H3/t18-/m1/s1. The van der Waals surface area contributed by atoms with E-state index in [1.54, 1.807) is 7.11 Å². The van der Waals surface area contributed by atoms with Crippen molar-refractivity contribution in [3.05, 3.63) is 71.8 Å². The Hall–Kier alpha value is -2.73. The molecule has 0 unspecified atom stereocenters. The third kappa shape index (κ3) is 3.69. The SMILES string of the molecule is COc1ccc2ccccc2c1[C@H](N)c1ccc(OC(F)(F)F)cc1. The van der Waals surface area contributed by atoms with Gasteiger partial charge in [0, 0.05) is 5.56 Å². The van der Waals surface area contributed by atoms with Crippen molar-refractivity contribution in [3.63, 3.8) is 0 Å². The topological polar surface area (TPSA) is 44.5 Å². The number of hydrogen-bond acceptors (Lipinski definition) is 3. The number of rotatable bonds is 4. The van der Waals surface area contributed by atoms with Crippen LogP contribution in [0, 0.1) is 0 Å². The maximum Gasteiger partial charge on any atom is 0.573 e. The fourth-order valence-electron chi connectivity index (χ4n) is 2.82. The molecule has 0 spiro atoms. The Labute approximate surface area is 142 Å². The first kappa shape index (κ1) is 17.1. The number of benzene rings is 3. The molecular formula is C19H16F3NO2. The number of fused-ring (bicyclic) bond motifs is 1. The minimum atomic E-state index is -4.72. The quantitative estimate of drug-likeness (QED) is 0.738. The first-order valence-electron chi connectivity index (χ1n) is 7.56. The van der Waals surface area contributed by atoms with Crippen LogP contribution in [0.15, 0.2) is 60.7 Å². The molecule has 2 N–H and O–H groups in total. The Bertz CT molecular complexity index is 876. The molecule has 0 amide bonds. The molecule has 3 aromatic rings. The summed E-state index contributed by atoms with van der Waals surface area (Å²) in [6, 6.07) is 16.5. The molecule has 25 heavy (non-hydrogen) atoms.